The van der Waals surface area contributed by atoms with Crippen LogP contribution in [0.15, 0.2) is 17.0 Å². The van der Waals surface area contributed by atoms with Crippen LogP contribution >= 0.6 is 11.8 Å². The quantitative estimate of drug-likeness (QED) is 0.710. The molecular formula is C18H26N2O5S. The molecule has 0 radical (unpaired) electrons. The third-order valence-corrected chi connectivity index (χ3v) is 5.30. The van der Waals surface area contributed by atoms with Crippen molar-refractivity contribution in [3.05, 3.63) is 17.7 Å². The van der Waals surface area contributed by atoms with Crippen LogP contribution in [0.25, 0.3) is 0 Å². The Hall–Kier alpha value is -1.48. The Morgan fingerprint density at radius 2 is 2.04 bits per heavy atom. The van der Waals surface area contributed by atoms with Gasteiger partial charge in [-0.3, -0.25) is 14.6 Å². The van der Waals surface area contributed by atoms with Crippen LogP contribution in [0.3, 0.4) is 0 Å². The maximum absolute atomic E-state index is 10.8. The average Bonchev–Trinajstić information content (AvgIpc) is 2.60. The zero-order valence-corrected chi connectivity index (χ0v) is 16.1. The van der Waals surface area contributed by atoms with Gasteiger partial charge in [0.25, 0.3) is 0 Å². The maximum Gasteiger partial charge on any atom is 0.317 e. The van der Waals surface area contributed by atoms with Crippen molar-refractivity contribution in [3.63, 3.8) is 0 Å². The summed E-state index contributed by atoms with van der Waals surface area (Å²) in [6, 6.07) is 4.15. The molecule has 1 unspecified atom stereocenters. The lowest BCUT2D eigenvalue weighted by molar-refractivity contribution is -0.138. The van der Waals surface area contributed by atoms with E-state index in [0.717, 1.165) is 31.1 Å². The van der Waals surface area contributed by atoms with E-state index < -0.39 is 5.97 Å². The fraction of sp³-hybridized carbons (Fsp3) is 0.611. The summed E-state index contributed by atoms with van der Waals surface area (Å²) in [5, 5.41) is 8.90. The van der Waals surface area contributed by atoms with E-state index in [1.807, 2.05) is 7.05 Å². The molecular weight excluding hydrogens is 356 g/mol. The number of fused-ring (bicyclic) bond motifs is 1. The Labute approximate surface area is 158 Å². The van der Waals surface area contributed by atoms with Gasteiger partial charge in [0.15, 0.2) is 11.5 Å². The van der Waals surface area contributed by atoms with Gasteiger partial charge in [0.1, 0.15) is 13.2 Å². The minimum absolute atomic E-state index is 0.0167. The van der Waals surface area contributed by atoms with E-state index in [1.165, 1.54) is 10.5 Å². The largest absolute Gasteiger partial charge is 0.486 e. The third kappa shape index (κ3) is 5.03. The number of carboxylic acids is 1. The van der Waals surface area contributed by atoms with Gasteiger partial charge in [0, 0.05) is 31.1 Å². The molecule has 3 rings (SSSR count). The van der Waals surface area contributed by atoms with E-state index in [-0.39, 0.29) is 12.6 Å². The molecule has 2 heterocycles. The number of nitrogens with zero attached hydrogens (tertiary/aromatic N) is 2. The van der Waals surface area contributed by atoms with Crippen molar-refractivity contribution in [2.75, 3.05) is 59.3 Å². The zero-order valence-electron chi connectivity index (χ0n) is 15.3. The lowest BCUT2D eigenvalue weighted by Gasteiger charge is -2.35. The molecule has 0 spiro atoms. The molecule has 1 atom stereocenters. The molecule has 8 heteroatoms. The summed E-state index contributed by atoms with van der Waals surface area (Å²) >= 11 is 1.71. The molecule has 0 aliphatic carbocycles. The van der Waals surface area contributed by atoms with Crippen LogP contribution in [0.4, 0.5) is 0 Å². The van der Waals surface area contributed by atoms with Crippen molar-refractivity contribution < 1.29 is 24.1 Å². The molecule has 2 aliphatic heterocycles. The van der Waals surface area contributed by atoms with Gasteiger partial charge >= 0.3 is 5.97 Å². The Bertz CT molecular complexity index is 642. The van der Waals surface area contributed by atoms with Crippen molar-refractivity contribution in [3.8, 4) is 11.5 Å². The summed E-state index contributed by atoms with van der Waals surface area (Å²) in [6.07, 6.45) is 2.08. The fourth-order valence-electron chi connectivity index (χ4n) is 3.34. The van der Waals surface area contributed by atoms with Gasteiger partial charge < -0.3 is 19.3 Å². The van der Waals surface area contributed by atoms with Crippen molar-refractivity contribution in [1.82, 2.24) is 9.80 Å². The van der Waals surface area contributed by atoms with E-state index in [1.54, 1.807) is 16.7 Å². The first-order chi connectivity index (χ1) is 12.5. The van der Waals surface area contributed by atoms with Crippen LogP contribution in [0, 0.1) is 0 Å². The van der Waals surface area contributed by atoms with Crippen LogP contribution in [-0.4, -0.2) is 86.3 Å². The van der Waals surface area contributed by atoms with Crippen LogP contribution in [0.1, 0.15) is 5.56 Å². The van der Waals surface area contributed by atoms with Crippen molar-refractivity contribution in [1.29, 1.82) is 0 Å². The molecule has 2 aliphatic rings. The topological polar surface area (TPSA) is 71.5 Å². The van der Waals surface area contributed by atoms with Crippen LogP contribution < -0.4 is 9.47 Å². The lowest BCUT2D eigenvalue weighted by atomic mass is 10.1. The Kier molecular flexibility index (Phi) is 6.63. The molecule has 1 aromatic rings. The highest BCUT2D eigenvalue weighted by Crippen LogP contribution is 2.37. The number of carboxylic acid groups (broad SMARTS) is 1. The summed E-state index contributed by atoms with van der Waals surface area (Å²) in [6.45, 7) is 4.93. The molecule has 0 aromatic heterocycles. The van der Waals surface area contributed by atoms with E-state index >= 15 is 0 Å². The second-order valence-electron chi connectivity index (χ2n) is 6.63. The number of ether oxygens (including phenoxy) is 3. The smallest absolute Gasteiger partial charge is 0.317 e. The first-order valence-electron chi connectivity index (χ1n) is 8.76. The number of aliphatic carboxylic acids is 1. The number of carbonyl (C=O) groups is 1. The summed E-state index contributed by atoms with van der Waals surface area (Å²) in [4.78, 5) is 16.2. The number of morpholine rings is 1. The number of likely N-dealkylation sites (N-methyl/N-ethyl adjacent to an activating group) is 1. The maximum atomic E-state index is 10.8. The summed E-state index contributed by atoms with van der Waals surface area (Å²) < 4.78 is 17.2. The molecule has 0 bridgehead atoms. The van der Waals surface area contributed by atoms with Crippen LogP contribution in [0.5, 0.6) is 11.5 Å². The SMILES string of the molecule is CSc1cc2c(cc1CN1CCOC(CN(C)CC(=O)O)C1)OCCO2. The normalized spacial score (nSPS) is 20.3. The van der Waals surface area contributed by atoms with E-state index in [4.69, 9.17) is 19.3 Å². The molecule has 144 valence electrons. The number of hydrogen-bond donors (Lipinski definition) is 1. The molecule has 26 heavy (non-hydrogen) atoms. The first-order valence-corrected chi connectivity index (χ1v) is 9.98. The van der Waals surface area contributed by atoms with Crippen molar-refractivity contribution in [2.24, 2.45) is 0 Å². The summed E-state index contributed by atoms with van der Waals surface area (Å²) in [5.41, 5.74) is 1.22. The van der Waals surface area contributed by atoms with Crippen molar-refractivity contribution in [2.45, 2.75) is 17.5 Å². The average molecular weight is 382 g/mol. The van der Waals surface area contributed by atoms with Gasteiger partial charge in [-0.05, 0) is 31.0 Å². The van der Waals surface area contributed by atoms with Gasteiger partial charge in [0.05, 0.1) is 19.3 Å². The van der Waals surface area contributed by atoms with Gasteiger partial charge in [-0.2, -0.15) is 0 Å². The zero-order chi connectivity index (χ0) is 18.5. The molecule has 0 amide bonds. The Morgan fingerprint density at radius 3 is 2.73 bits per heavy atom. The van der Waals surface area contributed by atoms with Crippen LogP contribution in [0.2, 0.25) is 0 Å². The number of benzene rings is 1. The van der Waals surface area contributed by atoms with Gasteiger partial charge in [-0.15, -0.1) is 11.8 Å². The second kappa shape index (κ2) is 8.94. The van der Waals surface area contributed by atoms with Gasteiger partial charge in [-0.1, -0.05) is 0 Å². The van der Waals surface area contributed by atoms with E-state index in [0.29, 0.717) is 26.4 Å². The predicted molar refractivity (Wildman–Crippen MR) is 99.4 cm³/mol. The minimum Gasteiger partial charge on any atom is -0.486 e. The molecule has 0 saturated carbocycles. The molecule has 1 saturated heterocycles. The third-order valence-electron chi connectivity index (χ3n) is 4.48. The fourth-order valence-corrected chi connectivity index (χ4v) is 3.95. The standard InChI is InChI=1S/C18H26N2O5S/c1-19(12-18(21)22)10-14-11-20(3-4-23-14)9-13-7-15-16(8-17(13)26-2)25-6-5-24-15/h7-8,14H,3-6,9-12H2,1-2H3,(H,21,22). The second-order valence-corrected chi connectivity index (χ2v) is 7.47. The molecule has 7 nitrogen and oxygen atoms in total. The van der Waals surface area contributed by atoms with Crippen molar-refractivity contribution >= 4 is 17.7 Å². The highest BCUT2D eigenvalue weighted by atomic mass is 32.2. The lowest BCUT2D eigenvalue weighted by Crippen LogP contribution is -2.47. The molecule has 1 N–H and O–H groups in total. The highest BCUT2D eigenvalue weighted by Gasteiger charge is 2.24. The number of hydrogen-bond acceptors (Lipinski definition) is 7. The van der Waals surface area contributed by atoms with Gasteiger partial charge in [0.2, 0.25) is 0 Å². The number of rotatable bonds is 7. The Morgan fingerprint density at radius 1 is 1.31 bits per heavy atom. The first kappa shape index (κ1) is 19.3. The summed E-state index contributed by atoms with van der Waals surface area (Å²) in [5.74, 6) is 0.815. The minimum atomic E-state index is -0.818. The van der Waals surface area contributed by atoms with E-state index in [9.17, 15) is 4.79 Å². The highest BCUT2D eigenvalue weighted by molar-refractivity contribution is 7.98. The van der Waals surface area contributed by atoms with Crippen LogP contribution in [-0.2, 0) is 16.1 Å². The van der Waals surface area contributed by atoms with Gasteiger partial charge in [-0.25, -0.2) is 0 Å². The monoisotopic (exact) mass is 382 g/mol. The summed E-state index contributed by atoms with van der Waals surface area (Å²) in [7, 11) is 1.81. The molecule has 1 aromatic carbocycles. The van der Waals surface area contributed by atoms with E-state index in [2.05, 4.69) is 23.3 Å². The molecule has 1 fully saturated rings. The predicted octanol–water partition coefficient (Wildman–Crippen LogP) is 1.40. The Balaban J connectivity index is 1.63. The number of thioether (sulfide) groups is 1.